The van der Waals surface area contributed by atoms with Crippen LogP contribution in [-0.2, 0) is 12.8 Å². The Hall–Kier alpha value is -1.64. The van der Waals surface area contributed by atoms with Crippen LogP contribution >= 0.6 is 0 Å². The minimum Gasteiger partial charge on any atom is -0.271 e. The molecule has 0 bridgehead atoms. The van der Waals surface area contributed by atoms with Crippen molar-refractivity contribution < 1.29 is 0 Å². The minimum absolute atomic E-state index is 0.316. The maximum Gasteiger partial charge on any atom is 0.0254 e. The predicted octanol–water partition coefficient (Wildman–Crippen LogP) is 3.31. The van der Waals surface area contributed by atoms with Crippen molar-refractivity contribution in [3.05, 3.63) is 70.8 Å². The first-order chi connectivity index (χ1) is 9.69. The summed E-state index contributed by atoms with van der Waals surface area (Å²) in [5.74, 6) is 5.71. The first-order valence-corrected chi connectivity index (χ1v) is 7.25. The molecule has 0 aromatic heterocycles. The van der Waals surface area contributed by atoms with Gasteiger partial charge < -0.3 is 0 Å². The summed E-state index contributed by atoms with van der Waals surface area (Å²) in [6.07, 6.45) is 3.09. The van der Waals surface area contributed by atoms with Crippen molar-refractivity contribution >= 4 is 0 Å². The summed E-state index contributed by atoms with van der Waals surface area (Å²) < 4.78 is 0. The Kier molecular flexibility index (Phi) is 5.33. The molecule has 0 heterocycles. The molecule has 0 aliphatic carbocycles. The van der Waals surface area contributed by atoms with Crippen molar-refractivity contribution in [3.63, 3.8) is 0 Å². The molecule has 20 heavy (non-hydrogen) atoms. The normalized spacial score (nSPS) is 12.3. The molecule has 2 aromatic carbocycles. The van der Waals surface area contributed by atoms with Crippen LogP contribution in [0.4, 0.5) is 0 Å². The molecule has 3 N–H and O–H groups in total. The number of nitrogens with two attached hydrogens (primary N) is 1. The van der Waals surface area contributed by atoms with Gasteiger partial charge in [-0.05, 0) is 49.8 Å². The smallest absolute Gasteiger partial charge is 0.0254 e. The number of hydrogen-bond acceptors (Lipinski definition) is 2. The molecule has 1 unspecified atom stereocenters. The molecule has 0 aliphatic heterocycles. The highest BCUT2D eigenvalue weighted by Crippen LogP contribution is 2.13. The van der Waals surface area contributed by atoms with Crippen molar-refractivity contribution in [1.82, 2.24) is 5.43 Å². The van der Waals surface area contributed by atoms with Crippen LogP contribution in [0.15, 0.2) is 48.5 Å². The van der Waals surface area contributed by atoms with E-state index in [-0.39, 0.29) is 0 Å². The third-order valence-electron chi connectivity index (χ3n) is 3.83. The number of nitrogens with one attached hydrogen (secondary N) is 1. The van der Waals surface area contributed by atoms with Crippen molar-refractivity contribution in [1.29, 1.82) is 0 Å². The van der Waals surface area contributed by atoms with E-state index in [9.17, 15) is 0 Å². The highest BCUT2D eigenvalue weighted by Gasteiger charge is 2.09. The molecule has 0 amide bonds. The molecule has 2 heteroatoms. The molecule has 2 aromatic rings. The molecule has 0 radical (unpaired) electrons. The van der Waals surface area contributed by atoms with E-state index >= 15 is 0 Å². The molecule has 0 aliphatic rings. The van der Waals surface area contributed by atoms with Crippen molar-refractivity contribution in [2.24, 2.45) is 5.84 Å². The van der Waals surface area contributed by atoms with Crippen LogP contribution in [0.2, 0.25) is 0 Å². The van der Waals surface area contributed by atoms with E-state index < -0.39 is 0 Å². The van der Waals surface area contributed by atoms with E-state index in [0.717, 1.165) is 19.3 Å². The molecule has 2 nitrogen and oxygen atoms in total. The maximum absolute atomic E-state index is 5.71. The zero-order valence-corrected chi connectivity index (χ0v) is 12.4. The average molecular weight is 268 g/mol. The van der Waals surface area contributed by atoms with Gasteiger partial charge in [0.05, 0.1) is 0 Å². The van der Waals surface area contributed by atoms with E-state index in [2.05, 4.69) is 67.8 Å². The number of hydrogen-bond donors (Lipinski definition) is 2. The standard InChI is InChI=1S/C18H24N2/c1-14-6-5-8-16(12-14)10-11-18(20-19)13-17-9-4-3-7-15(17)2/h3-9,12,18,20H,10-11,13,19H2,1-2H3. The Morgan fingerprint density at radius 3 is 2.55 bits per heavy atom. The molecule has 1 atom stereocenters. The van der Waals surface area contributed by atoms with Gasteiger partial charge in [0.2, 0.25) is 0 Å². The fourth-order valence-corrected chi connectivity index (χ4v) is 2.56. The fraction of sp³-hybridized carbons (Fsp3) is 0.333. The first-order valence-electron chi connectivity index (χ1n) is 7.25. The predicted molar refractivity (Wildman–Crippen MR) is 85.5 cm³/mol. The lowest BCUT2D eigenvalue weighted by Crippen LogP contribution is -2.37. The number of rotatable bonds is 6. The van der Waals surface area contributed by atoms with Gasteiger partial charge in [0, 0.05) is 6.04 Å². The Bertz CT molecular complexity index is 549. The molecule has 0 fully saturated rings. The average Bonchev–Trinajstić information content (AvgIpc) is 2.45. The summed E-state index contributed by atoms with van der Waals surface area (Å²) >= 11 is 0. The second-order valence-electron chi connectivity index (χ2n) is 5.52. The largest absolute Gasteiger partial charge is 0.271 e. The molecule has 2 rings (SSSR count). The van der Waals surface area contributed by atoms with Crippen LogP contribution in [-0.4, -0.2) is 6.04 Å². The highest BCUT2D eigenvalue weighted by atomic mass is 15.2. The summed E-state index contributed by atoms with van der Waals surface area (Å²) in [4.78, 5) is 0. The van der Waals surface area contributed by atoms with E-state index in [0.29, 0.717) is 6.04 Å². The van der Waals surface area contributed by atoms with E-state index in [1.165, 1.54) is 22.3 Å². The van der Waals surface area contributed by atoms with E-state index in [4.69, 9.17) is 5.84 Å². The fourth-order valence-electron chi connectivity index (χ4n) is 2.56. The quantitative estimate of drug-likeness (QED) is 0.623. The van der Waals surface area contributed by atoms with E-state index in [1.54, 1.807) is 0 Å². The second-order valence-corrected chi connectivity index (χ2v) is 5.52. The Balaban J connectivity index is 1.94. The summed E-state index contributed by atoms with van der Waals surface area (Å²) in [5.41, 5.74) is 8.38. The zero-order chi connectivity index (χ0) is 14.4. The summed E-state index contributed by atoms with van der Waals surface area (Å²) in [6.45, 7) is 4.29. The van der Waals surface area contributed by atoms with Crippen LogP contribution < -0.4 is 11.3 Å². The second kappa shape index (κ2) is 7.22. The molecule has 0 spiro atoms. The van der Waals surface area contributed by atoms with Gasteiger partial charge in [0.1, 0.15) is 0 Å². The summed E-state index contributed by atoms with van der Waals surface area (Å²) in [5, 5.41) is 0. The monoisotopic (exact) mass is 268 g/mol. The minimum atomic E-state index is 0.316. The lowest BCUT2D eigenvalue weighted by atomic mass is 9.96. The Morgan fingerprint density at radius 1 is 1.05 bits per heavy atom. The topological polar surface area (TPSA) is 38.0 Å². The number of benzene rings is 2. The summed E-state index contributed by atoms with van der Waals surface area (Å²) in [7, 11) is 0. The van der Waals surface area contributed by atoms with Gasteiger partial charge in [-0.25, -0.2) is 0 Å². The van der Waals surface area contributed by atoms with Gasteiger partial charge in [-0.3, -0.25) is 11.3 Å². The lowest BCUT2D eigenvalue weighted by molar-refractivity contribution is 0.490. The van der Waals surface area contributed by atoms with Crippen LogP contribution in [0.1, 0.15) is 28.7 Å². The van der Waals surface area contributed by atoms with Gasteiger partial charge in [-0.15, -0.1) is 0 Å². The van der Waals surface area contributed by atoms with Crippen LogP contribution in [0.5, 0.6) is 0 Å². The van der Waals surface area contributed by atoms with Crippen LogP contribution in [0, 0.1) is 13.8 Å². The first kappa shape index (κ1) is 14.8. The molecule has 0 saturated heterocycles. The van der Waals surface area contributed by atoms with E-state index in [1.807, 2.05) is 0 Å². The highest BCUT2D eigenvalue weighted by molar-refractivity contribution is 5.26. The van der Waals surface area contributed by atoms with Crippen molar-refractivity contribution in [3.8, 4) is 0 Å². The number of aryl methyl sites for hydroxylation is 3. The van der Waals surface area contributed by atoms with Crippen molar-refractivity contribution in [2.75, 3.05) is 0 Å². The van der Waals surface area contributed by atoms with Gasteiger partial charge in [0.25, 0.3) is 0 Å². The van der Waals surface area contributed by atoms with Gasteiger partial charge in [-0.2, -0.15) is 0 Å². The SMILES string of the molecule is Cc1cccc(CCC(Cc2ccccc2C)NN)c1. The summed E-state index contributed by atoms with van der Waals surface area (Å²) in [6, 6.07) is 17.5. The van der Waals surface area contributed by atoms with Gasteiger partial charge in [-0.1, -0.05) is 54.1 Å². The lowest BCUT2D eigenvalue weighted by Gasteiger charge is -2.17. The Morgan fingerprint density at radius 2 is 1.85 bits per heavy atom. The van der Waals surface area contributed by atoms with Crippen molar-refractivity contribution in [2.45, 2.75) is 39.2 Å². The Labute approximate surface area is 122 Å². The third-order valence-corrected chi connectivity index (χ3v) is 3.83. The zero-order valence-electron chi connectivity index (χ0n) is 12.4. The third kappa shape index (κ3) is 4.19. The molecular formula is C18H24N2. The maximum atomic E-state index is 5.71. The number of hydrazine groups is 1. The molecule has 106 valence electrons. The van der Waals surface area contributed by atoms with Gasteiger partial charge in [0.15, 0.2) is 0 Å². The van der Waals surface area contributed by atoms with Crippen LogP contribution in [0.3, 0.4) is 0 Å². The van der Waals surface area contributed by atoms with Crippen LogP contribution in [0.25, 0.3) is 0 Å². The molecule has 0 saturated carbocycles. The van der Waals surface area contributed by atoms with Gasteiger partial charge >= 0.3 is 0 Å². The molecular weight excluding hydrogens is 244 g/mol.